The molecule has 38 heavy (non-hydrogen) atoms. The zero-order chi connectivity index (χ0) is 26.2. The Morgan fingerprint density at radius 2 is 1.37 bits per heavy atom. The molecule has 0 aliphatic carbocycles. The second kappa shape index (κ2) is 15.7. The molecule has 1 saturated heterocycles. The van der Waals surface area contributed by atoms with E-state index in [1.807, 2.05) is 42.5 Å². The number of ether oxygens (including phenoxy) is 5. The maximum atomic E-state index is 12.1. The molecule has 5 atom stereocenters. The average Bonchev–Trinajstić information content (AvgIpc) is 2.80. The minimum atomic E-state index is -1.21. The van der Waals surface area contributed by atoms with Gasteiger partial charge >= 0.3 is 23.9 Å². The van der Waals surface area contributed by atoms with E-state index >= 15 is 0 Å². The summed E-state index contributed by atoms with van der Waals surface area (Å²) in [6.45, 7) is 4.56. The van der Waals surface area contributed by atoms with Crippen molar-refractivity contribution >= 4 is 23.9 Å². The van der Waals surface area contributed by atoms with Crippen LogP contribution in [0.4, 0.5) is 0 Å². The maximum Gasteiger partial charge on any atom is 0.303 e. The Hall–Kier alpha value is -2.66. The molecule has 1 aliphatic heterocycles. The molecule has 0 saturated carbocycles. The van der Waals surface area contributed by atoms with Crippen LogP contribution in [0.2, 0.25) is 0 Å². The Kier molecular flexibility index (Phi) is 13.8. The van der Waals surface area contributed by atoms with Crippen molar-refractivity contribution in [3.8, 4) is 0 Å². The van der Waals surface area contributed by atoms with Crippen molar-refractivity contribution < 1.29 is 75.6 Å². The number of esters is 4. The summed E-state index contributed by atoms with van der Waals surface area (Å²) in [5.74, 6) is -2.54. The van der Waals surface area contributed by atoms with Crippen LogP contribution in [-0.4, -0.2) is 54.9 Å². The van der Waals surface area contributed by atoms with Gasteiger partial charge in [-0.15, -0.1) is 0 Å². The molecule has 1 radical (unpaired) electrons. The molecule has 3 rings (SSSR count). The first-order valence-corrected chi connectivity index (χ1v) is 11.5. The van der Waals surface area contributed by atoms with E-state index in [4.69, 9.17) is 23.7 Å². The van der Waals surface area contributed by atoms with Crippen LogP contribution >= 0.6 is 0 Å². The van der Waals surface area contributed by atoms with Crippen LogP contribution in [0.1, 0.15) is 50.5 Å². The number of nitrogens with two attached hydrogens (primary N) is 1. The molecule has 0 bridgehead atoms. The topological polar surface area (TPSA) is 148 Å². The molecule has 0 amide bonds. The molecule has 2 aromatic rings. The molecule has 203 valence electrons. The normalized spacial score (nSPS) is 22.1. The second-order valence-electron chi connectivity index (χ2n) is 8.45. The van der Waals surface area contributed by atoms with Crippen molar-refractivity contribution in [2.24, 2.45) is 0 Å². The molecule has 2 N–H and O–H groups in total. The van der Waals surface area contributed by atoms with Crippen LogP contribution in [0.15, 0.2) is 48.5 Å². The summed E-state index contributed by atoms with van der Waals surface area (Å²) in [4.78, 5) is 47.5. The summed E-state index contributed by atoms with van der Waals surface area (Å²) in [7, 11) is 0. The van der Waals surface area contributed by atoms with Gasteiger partial charge in [0.25, 0.3) is 0 Å². The average molecular weight is 602 g/mol. The van der Waals surface area contributed by atoms with Crippen LogP contribution in [0.3, 0.4) is 0 Å². The molecular formula is C27H31NO9Y-2. The molecule has 1 unspecified atom stereocenters. The Balaban J connectivity index is 0.00000361. The minimum absolute atomic E-state index is 0. The first kappa shape index (κ1) is 33.4. The molecule has 1 aliphatic rings. The van der Waals surface area contributed by atoms with Gasteiger partial charge < -0.3 is 29.8 Å². The van der Waals surface area contributed by atoms with Crippen LogP contribution < -0.4 is 0 Å². The molecule has 10 nitrogen and oxygen atoms in total. The van der Waals surface area contributed by atoms with Gasteiger partial charge in [0.05, 0.1) is 0 Å². The van der Waals surface area contributed by atoms with Crippen LogP contribution in [0, 0.1) is 6.07 Å². The van der Waals surface area contributed by atoms with Crippen molar-refractivity contribution in [1.29, 1.82) is 0 Å². The van der Waals surface area contributed by atoms with Gasteiger partial charge in [0.15, 0.2) is 18.3 Å². The quantitative estimate of drug-likeness (QED) is 0.251. The first-order chi connectivity index (χ1) is 17.1. The summed E-state index contributed by atoms with van der Waals surface area (Å²) in [5, 5.41) is 0. The van der Waals surface area contributed by atoms with E-state index in [2.05, 4.69) is 6.07 Å². The summed E-state index contributed by atoms with van der Waals surface area (Å²) in [5.41, 5.74) is 2.69. The van der Waals surface area contributed by atoms with E-state index in [1.54, 1.807) is 6.07 Å². The zero-order valence-electron chi connectivity index (χ0n) is 21.7. The van der Waals surface area contributed by atoms with Crippen LogP contribution in [0.5, 0.6) is 0 Å². The molecule has 1 fully saturated rings. The number of carbonyl (C=O) groups excluding carboxylic acids is 4. The van der Waals surface area contributed by atoms with Gasteiger partial charge in [-0.1, -0.05) is 24.3 Å². The van der Waals surface area contributed by atoms with E-state index in [0.29, 0.717) is 12.0 Å². The standard InChI is InChI=1S/C27H29O9.H2N.Y/c1-16(28)32-15-23-25(33-17(2)29)27(35-19(4)31)26(34-18(3)30)24(36-23)22-12-8-11-21(14-22)13-20-9-6-5-7-10-20;;/h6-12,14,23-27H,13,15H2,1-4H3;1H2;/q2*-1;/t23-,24+,25?,26+,27+;;/m1../s1. The van der Waals surface area contributed by atoms with Gasteiger partial charge in [-0.3, -0.25) is 19.2 Å². The van der Waals surface area contributed by atoms with E-state index in [0.717, 1.165) is 11.1 Å². The van der Waals surface area contributed by atoms with Crippen LogP contribution in [0.25, 0.3) is 6.15 Å². The van der Waals surface area contributed by atoms with Gasteiger partial charge in [0.1, 0.15) is 18.8 Å². The second-order valence-corrected chi connectivity index (χ2v) is 8.45. The zero-order valence-corrected chi connectivity index (χ0v) is 24.6. The van der Waals surface area contributed by atoms with E-state index in [9.17, 15) is 19.2 Å². The van der Waals surface area contributed by atoms with Crippen molar-refractivity contribution in [1.82, 2.24) is 0 Å². The van der Waals surface area contributed by atoms with Gasteiger partial charge in [-0.25, -0.2) is 0 Å². The Labute approximate surface area is 247 Å². The molecule has 1 heterocycles. The van der Waals surface area contributed by atoms with Crippen LogP contribution in [-0.2, 0) is 82.0 Å². The van der Waals surface area contributed by atoms with E-state index < -0.39 is 54.4 Å². The number of hydrogen-bond donors (Lipinski definition) is 0. The van der Waals surface area contributed by atoms with Crippen molar-refractivity contribution in [3.63, 3.8) is 0 Å². The Morgan fingerprint density at radius 3 is 1.95 bits per heavy atom. The summed E-state index contributed by atoms with van der Waals surface area (Å²) in [6, 6.07) is 18.1. The van der Waals surface area contributed by atoms with Gasteiger partial charge in [0, 0.05) is 60.4 Å². The minimum Gasteiger partial charge on any atom is -0.693 e. The molecule has 11 heteroatoms. The smallest absolute Gasteiger partial charge is 0.303 e. The van der Waals surface area contributed by atoms with Gasteiger partial charge in [-0.05, 0) is 17.5 Å². The Bertz CT molecular complexity index is 1090. The van der Waals surface area contributed by atoms with Crippen molar-refractivity contribution in [2.45, 2.75) is 64.6 Å². The predicted octanol–water partition coefficient (Wildman–Crippen LogP) is 3.59. The fourth-order valence-electron chi connectivity index (χ4n) is 4.15. The number of hydrogen-bond acceptors (Lipinski definition) is 9. The van der Waals surface area contributed by atoms with E-state index in [-0.39, 0.29) is 45.5 Å². The van der Waals surface area contributed by atoms with E-state index in [1.165, 1.54) is 27.7 Å². The number of rotatable bonds is 8. The summed E-state index contributed by atoms with van der Waals surface area (Å²) < 4.78 is 27.9. The summed E-state index contributed by atoms with van der Waals surface area (Å²) >= 11 is 0. The maximum absolute atomic E-state index is 12.1. The fourth-order valence-corrected chi connectivity index (χ4v) is 4.15. The van der Waals surface area contributed by atoms with Gasteiger partial charge in [-0.2, -0.15) is 35.9 Å². The number of benzene rings is 2. The third-order valence-corrected chi connectivity index (χ3v) is 5.47. The molecule has 0 spiro atoms. The predicted molar refractivity (Wildman–Crippen MR) is 131 cm³/mol. The van der Waals surface area contributed by atoms with Crippen molar-refractivity contribution in [3.05, 3.63) is 77.4 Å². The number of carbonyl (C=O) groups is 4. The first-order valence-electron chi connectivity index (χ1n) is 11.5. The fraction of sp³-hybridized carbons (Fsp3) is 0.407. The van der Waals surface area contributed by atoms with Crippen molar-refractivity contribution in [2.75, 3.05) is 6.61 Å². The molecule has 2 aromatic carbocycles. The Morgan fingerprint density at radius 1 is 0.789 bits per heavy atom. The summed E-state index contributed by atoms with van der Waals surface area (Å²) in [6.07, 6.45) is -4.79. The largest absolute Gasteiger partial charge is 0.693 e. The molecule has 0 aromatic heterocycles. The molecular weight excluding hydrogens is 571 g/mol. The van der Waals surface area contributed by atoms with Gasteiger partial charge in [0.2, 0.25) is 0 Å². The SMILES string of the molecule is CC(=O)OC[C@H]1O[C@@H](c2cccc(Cc3cc[c-]cc3)c2)[C@H](OC(C)=O)[C@@H](OC(C)=O)C1OC(C)=O.[NH2-].[Y]. The monoisotopic (exact) mass is 602 g/mol. The third kappa shape index (κ3) is 9.58. The third-order valence-electron chi connectivity index (χ3n) is 5.47.